The van der Waals surface area contributed by atoms with Crippen molar-refractivity contribution < 1.29 is 19.1 Å². The topological polar surface area (TPSA) is 106 Å². The molecule has 0 aliphatic carbocycles. The quantitative estimate of drug-likeness (QED) is 0.387. The predicted octanol–water partition coefficient (Wildman–Crippen LogP) is 4.77. The molecule has 3 rings (SSSR count). The molecule has 0 saturated heterocycles. The highest BCUT2D eigenvalue weighted by atomic mass is 35.5. The third-order valence-electron chi connectivity index (χ3n) is 5.08. The summed E-state index contributed by atoms with van der Waals surface area (Å²) in [5.41, 5.74) is 2.08. The van der Waals surface area contributed by atoms with E-state index in [4.69, 9.17) is 27.9 Å². The highest BCUT2D eigenvalue weighted by Crippen LogP contribution is 2.29. The summed E-state index contributed by atoms with van der Waals surface area (Å²) >= 11 is 12.3. The molecule has 190 valence electrons. The number of rotatable bonds is 9. The summed E-state index contributed by atoms with van der Waals surface area (Å²) in [4.78, 5) is 38.5. The van der Waals surface area contributed by atoms with Gasteiger partial charge in [0.1, 0.15) is 18.9 Å². The number of anilines is 1. The number of aromatic nitrogens is 2. The molecule has 2 N–H and O–H groups in total. The molecule has 3 aromatic rings. The Bertz CT molecular complexity index is 1230. The first-order valence-corrected chi connectivity index (χ1v) is 12.1. The first kappa shape index (κ1) is 27.0. The third-order valence-corrected chi connectivity index (χ3v) is 5.82. The number of benzene rings is 2. The molecule has 0 aliphatic heterocycles. The number of nitrogens with zero attached hydrogens (tertiary/aromatic N) is 3. The lowest BCUT2D eigenvalue weighted by Gasteiger charge is -2.26. The summed E-state index contributed by atoms with van der Waals surface area (Å²) in [5.74, 6) is -0.623. The van der Waals surface area contributed by atoms with E-state index in [2.05, 4.69) is 15.7 Å². The van der Waals surface area contributed by atoms with E-state index in [0.29, 0.717) is 27.2 Å². The zero-order valence-electron chi connectivity index (χ0n) is 20.1. The minimum absolute atomic E-state index is 0.211. The van der Waals surface area contributed by atoms with E-state index < -0.39 is 17.9 Å². The molecule has 0 fully saturated rings. The van der Waals surface area contributed by atoms with Gasteiger partial charge in [-0.3, -0.25) is 9.59 Å². The second kappa shape index (κ2) is 12.4. The Kier molecular flexibility index (Phi) is 9.32. The van der Waals surface area contributed by atoms with Crippen LogP contribution in [0.5, 0.6) is 0 Å². The number of carbonyl (C=O) groups excluding carboxylic acids is 3. The average molecular weight is 532 g/mol. The smallest absolute Gasteiger partial charge is 0.325 e. The van der Waals surface area contributed by atoms with Gasteiger partial charge >= 0.3 is 12.0 Å². The van der Waals surface area contributed by atoms with Crippen molar-refractivity contribution in [3.63, 3.8) is 0 Å². The maximum absolute atomic E-state index is 13.0. The zero-order valence-corrected chi connectivity index (χ0v) is 21.6. The Hall–Kier alpha value is -3.56. The molecule has 11 heteroatoms. The van der Waals surface area contributed by atoms with Gasteiger partial charge in [0.15, 0.2) is 0 Å². The molecule has 3 amide bonds. The Morgan fingerprint density at radius 1 is 1.06 bits per heavy atom. The molecule has 0 aliphatic rings. The molecule has 1 aromatic heterocycles. The Morgan fingerprint density at radius 3 is 2.42 bits per heavy atom. The minimum atomic E-state index is -0.559. The van der Waals surface area contributed by atoms with Crippen LogP contribution < -0.4 is 10.6 Å². The van der Waals surface area contributed by atoms with Gasteiger partial charge < -0.3 is 20.3 Å². The van der Waals surface area contributed by atoms with E-state index in [0.717, 1.165) is 5.56 Å². The normalized spacial score (nSPS) is 10.7. The van der Waals surface area contributed by atoms with Gasteiger partial charge in [-0.05, 0) is 39.0 Å². The standard InChI is InChI=1S/C25H27Cl2N5O4/c1-4-36-24(34)14-28-25(35)31(16(2)3)15-23(33)29-22-13-21(17-8-6-5-7-9-17)30-32(22)18-10-11-19(26)20(27)12-18/h5-13,16H,4,14-15H2,1-3H3,(H,28,35)(H,29,33). The number of esters is 1. The number of urea groups is 1. The van der Waals surface area contributed by atoms with E-state index in [1.165, 1.54) is 4.90 Å². The highest BCUT2D eigenvalue weighted by molar-refractivity contribution is 6.42. The van der Waals surface area contributed by atoms with Crippen molar-refractivity contribution in [3.05, 3.63) is 64.6 Å². The van der Waals surface area contributed by atoms with Crippen molar-refractivity contribution >= 4 is 46.9 Å². The number of ether oxygens (including phenoxy) is 1. The van der Waals surface area contributed by atoms with Gasteiger partial charge in [0.2, 0.25) is 5.91 Å². The van der Waals surface area contributed by atoms with Crippen molar-refractivity contribution in [1.82, 2.24) is 20.0 Å². The maximum Gasteiger partial charge on any atom is 0.325 e. The molecule has 0 saturated carbocycles. The molecule has 9 nitrogen and oxygen atoms in total. The van der Waals surface area contributed by atoms with Crippen molar-refractivity contribution in [2.45, 2.75) is 26.8 Å². The lowest BCUT2D eigenvalue weighted by molar-refractivity contribution is -0.141. The van der Waals surface area contributed by atoms with Gasteiger partial charge in [-0.15, -0.1) is 0 Å². The van der Waals surface area contributed by atoms with E-state index in [1.807, 2.05) is 30.3 Å². The first-order valence-electron chi connectivity index (χ1n) is 11.3. The van der Waals surface area contributed by atoms with Gasteiger partial charge in [-0.1, -0.05) is 53.5 Å². The first-order chi connectivity index (χ1) is 17.2. The lowest BCUT2D eigenvalue weighted by Crippen LogP contribution is -2.48. The van der Waals surface area contributed by atoms with Gasteiger partial charge in [-0.2, -0.15) is 5.10 Å². The summed E-state index contributed by atoms with van der Waals surface area (Å²) in [6.07, 6.45) is 0. The Labute approximate surface area is 219 Å². The minimum Gasteiger partial charge on any atom is -0.465 e. The second-order valence-electron chi connectivity index (χ2n) is 8.02. The largest absolute Gasteiger partial charge is 0.465 e. The van der Waals surface area contributed by atoms with Crippen molar-refractivity contribution in [1.29, 1.82) is 0 Å². The summed E-state index contributed by atoms with van der Waals surface area (Å²) in [5, 5.41) is 10.7. The van der Waals surface area contributed by atoms with Crippen LogP contribution >= 0.6 is 23.2 Å². The maximum atomic E-state index is 13.0. The fraction of sp³-hybridized carbons (Fsp3) is 0.280. The lowest BCUT2D eigenvalue weighted by atomic mass is 10.1. The SMILES string of the molecule is CCOC(=O)CNC(=O)N(CC(=O)Nc1cc(-c2ccccc2)nn1-c1ccc(Cl)c(Cl)c1)C(C)C. The summed E-state index contributed by atoms with van der Waals surface area (Å²) in [6, 6.07) is 15.4. The van der Waals surface area contributed by atoms with Crippen molar-refractivity contribution in [3.8, 4) is 16.9 Å². The van der Waals surface area contributed by atoms with Gasteiger partial charge in [-0.25, -0.2) is 9.48 Å². The van der Waals surface area contributed by atoms with Crippen LogP contribution in [0, 0.1) is 0 Å². The fourth-order valence-corrected chi connectivity index (χ4v) is 3.61. The third kappa shape index (κ3) is 6.99. The van der Waals surface area contributed by atoms with E-state index >= 15 is 0 Å². The second-order valence-corrected chi connectivity index (χ2v) is 8.84. The molecule has 2 aromatic carbocycles. The molecule has 0 bridgehead atoms. The van der Waals surface area contributed by atoms with Crippen LogP contribution in [0.25, 0.3) is 16.9 Å². The predicted molar refractivity (Wildman–Crippen MR) is 140 cm³/mol. The number of nitrogens with one attached hydrogen (secondary N) is 2. The Morgan fingerprint density at radius 2 is 1.78 bits per heavy atom. The zero-order chi connectivity index (χ0) is 26.2. The van der Waals surface area contributed by atoms with Crippen LogP contribution in [0.4, 0.5) is 10.6 Å². The number of hydrogen-bond acceptors (Lipinski definition) is 5. The van der Waals surface area contributed by atoms with Crippen LogP contribution in [0.3, 0.4) is 0 Å². The fourth-order valence-electron chi connectivity index (χ4n) is 3.32. The summed E-state index contributed by atoms with van der Waals surface area (Å²) in [6.45, 7) is 4.88. The molecular formula is C25H27Cl2N5O4. The number of halogens is 2. The molecule has 0 unspecified atom stereocenters. The van der Waals surface area contributed by atoms with Crippen molar-refractivity contribution in [2.24, 2.45) is 0 Å². The van der Waals surface area contributed by atoms with E-state index in [1.54, 1.807) is 49.7 Å². The molecule has 0 radical (unpaired) electrons. The van der Waals surface area contributed by atoms with Crippen LogP contribution in [0.1, 0.15) is 20.8 Å². The Balaban J connectivity index is 1.83. The molecular weight excluding hydrogens is 505 g/mol. The van der Waals surface area contributed by atoms with Gasteiger partial charge in [0.25, 0.3) is 0 Å². The highest BCUT2D eigenvalue weighted by Gasteiger charge is 2.22. The van der Waals surface area contributed by atoms with Crippen LogP contribution in [-0.2, 0) is 14.3 Å². The molecule has 0 spiro atoms. The van der Waals surface area contributed by atoms with Crippen LogP contribution in [0.15, 0.2) is 54.6 Å². The molecule has 1 heterocycles. The number of carbonyl (C=O) groups is 3. The summed E-state index contributed by atoms with van der Waals surface area (Å²) in [7, 11) is 0. The van der Waals surface area contributed by atoms with E-state index in [9.17, 15) is 14.4 Å². The van der Waals surface area contributed by atoms with Crippen molar-refractivity contribution in [2.75, 3.05) is 25.0 Å². The van der Waals surface area contributed by atoms with E-state index in [-0.39, 0.29) is 25.7 Å². The average Bonchev–Trinajstić information content (AvgIpc) is 3.27. The summed E-state index contributed by atoms with van der Waals surface area (Å²) < 4.78 is 6.37. The van der Waals surface area contributed by atoms with Crippen LogP contribution in [-0.4, -0.2) is 58.3 Å². The monoisotopic (exact) mass is 531 g/mol. The van der Waals surface area contributed by atoms with Gasteiger partial charge in [0.05, 0.1) is 28.0 Å². The molecule has 36 heavy (non-hydrogen) atoms. The number of amides is 3. The van der Waals surface area contributed by atoms with Gasteiger partial charge in [0, 0.05) is 17.7 Å². The molecule has 0 atom stereocenters. The number of hydrogen-bond donors (Lipinski definition) is 2. The van der Waals surface area contributed by atoms with Crippen LogP contribution in [0.2, 0.25) is 10.0 Å².